The second kappa shape index (κ2) is 8.83. The first kappa shape index (κ1) is 22.0. The summed E-state index contributed by atoms with van der Waals surface area (Å²) >= 11 is 5.95. The zero-order valence-electron chi connectivity index (χ0n) is 18.2. The molecular formula is C24H20ClFN6O2. The third kappa shape index (κ3) is 3.99. The average Bonchev–Trinajstić information content (AvgIpc) is 3.47. The molecule has 1 aliphatic rings. The highest BCUT2D eigenvalue weighted by Crippen LogP contribution is 2.50. The summed E-state index contributed by atoms with van der Waals surface area (Å²) in [6.45, 7) is 2.42. The van der Waals surface area contributed by atoms with Crippen LogP contribution in [0.2, 0.25) is 5.02 Å². The van der Waals surface area contributed by atoms with Crippen LogP contribution in [0.15, 0.2) is 54.7 Å². The highest BCUT2D eigenvalue weighted by Gasteiger charge is 2.53. The van der Waals surface area contributed by atoms with Crippen LogP contribution in [0.5, 0.6) is 5.88 Å². The molecule has 1 saturated carbocycles. The number of nitrogens with zero attached hydrogens (tertiary/aromatic N) is 4. The van der Waals surface area contributed by atoms with Crippen molar-refractivity contribution >= 4 is 23.2 Å². The van der Waals surface area contributed by atoms with Gasteiger partial charge in [-0.2, -0.15) is 0 Å². The zero-order valence-corrected chi connectivity index (χ0v) is 18.9. The number of rotatable bonds is 7. The third-order valence-electron chi connectivity index (χ3n) is 5.87. The molecule has 1 aliphatic carbocycles. The van der Waals surface area contributed by atoms with Crippen LogP contribution in [0.4, 0.5) is 10.1 Å². The lowest BCUT2D eigenvalue weighted by Gasteiger charge is -2.18. The molecule has 0 unspecified atom stereocenters. The van der Waals surface area contributed by atoms with E-state index in [-0.39, 0.29) is 10.9 Å². The Hall–Kier alpha value is -3.85. The van der Waals surface area contributed by atoms with Crippen molar-refractivity contribution in [2.45, 2.75) is 25.2 Å². The monoisotopic (exact) mass is 478 g/mol. The normalized spacial score (nSPS) is 14.0. The van der Waals surface area contributed by atoms with Gasteiger partial charge in [-0.1, -0.05) is 29.8 Å². The molecule has 5 rings (SSSR count). The second-order valence-corrected chi connectivity index (χ2v) is 8.37. The lowest BCUT2D eigenvalue weighted by atomic mass is 9.94. The van der Waals surface area contributed by atoms with Gasteiger partial charge in [-0.3, -0.25) is 4.79 Å². The Morgan fingerprint density at radius 2 is 2.06 bits per heavy atom. The number of ether oxygens (including phenoxy) is 1. The predicted molar refractivity (Wildman–Crippen MR) is 125 cm³/mol. The van der Waals surface area contributed by atoms with E-state index >= 15 is 0 Å². The number of carbonyl (C=O) groups excluding carboxylic acids is 1. The Labute approximate surface area is 199 Å². The molecule has 172 valence electrons. The molecule has 1 amide bonds. The zero-order chi connectivity index (χ0) is 23.7. The van der Waals surface area contributed by atoms with Crippen molar-refractivity contribution in [3.8, 4) is 28.4 Å². The molecule has 8 nitrogen and oxygen atoms in total. The topological polar surface area (TPSA) is 106 Å². The summed E-state index contributed by atoms with van der Waals surface area (Å²) in [6, 6.07) is 13.8. The maximum absolute atomic E-state index is 14.7. The highest BCUT2D eigenvalue weighted by molar-refractivity contribution is 6.30. The van der Waals surface area contributed by atoms with E-state index in [1.54, 1.807) is 36.5 Å². The van der Waals surface area contributed by atoms with Crippen molar-refractivity contribution in [3.05, 3.63) is 71.1 Å². The number of hydrogen-bond donors (Lipinski definition) is 2. The van der Waals surface area contributed by atoms with Gasteiger partial charge in [-0.05, 0) is 60.0 Å². The number of aromatic nitrogens is 5. The molecule has 0 saturated heterocycles. The van der Waals surface area contributed by atoms with Crippen molar-refractivity contribution in [1.29, 1.82) is 0 Å². The first-order valence-corrected chi connectivity index (χ1v) is 11.1. The largest absolute Gasteiger partial charge is 0.478 e. The van der Waals surface area contributed by atoms with Gasteiger partial charge in [0.15, 0.2) is 5.82 Å². The van der Waals surface area contributed by atoms with Crippen LogP contribution in [0.1, 0.15) is 25.3 Å². The highest BCUT2D eigenvalue weighted by atomic mass is 35.5. The molecule has 0 radical (unpaired) electrons. The predicted octanol–water partition coefficient (Wildman–Crippen LogP) is 4.79. The number of carbonyl (C=O) groups is 1. The minimum absolute atomic E-state index is 0.00463. The quantitative estimate of drug-likeness (QED) is 0.395. The van der Waals surface area contributed by atoms with Crippen LogP contribution in [-0.4, -0.2) is 38.1 Å². The number of hydrogen-bond acceptors (Lipinski definition) is 6. The Morgan fingerprint density at radius 3 is 2.74 bits per heavy atom. The maximum atomic E-state index is 14.7. The first-order valence-electron chi connectivity index (χ1n) is 10.7. The SMILES string of the molecule is CCOc1ccc(-c2ccc(NC(=O)C3(c4cccc(Cl)c4F)CC3)cc2-c2nnn[nH]2)cn1. The van der Waals surface area contributed by atoms with Gasteiger partial charge in [0.2, 0.25) is 11.8 Å². The lowest BCUT2D eigenvalue weighted by Crippen LogP contribution is -2.28. The molecular weight excluding hydrogens is 459 g/mol. The van der Waals surface area contributed by atoms with Gasteiger partial charge < -0.3 is 10.1 Å². The van der Waals surface area contributed by atoms with Crippen molar-refractivity contribution in [1.82, 2.24) is 25.6 Å². The van der Waals surface area contributed by atoms with E-state index in [9.17, 15) is 9.18 Å². The molecule has 1 fully saturated rings. The van der Waals surface area contributed by atoms with Gasteiger partial charge in [0.1, 0.15) is 5.82 Å². The number of benzene rings is 2. The first-order chi connectivity index (χ1) is 16.5. The van der Waals surface area contributed by atoms with Crippen molar-refractivity contribution < 1.29 is 13.9 Å². The number of halogens is 2. The van der Waals surface area contributed by atoms with Crippen LogP contribution in [-0.2, 0) is 10.2 Å². The summed E-state index contributed by atoms with van der Waals surface area (Å²) < 4.78 is 20.1. The number of H-pyrrole nitrogens is 1. The summed E-state index contributed by atoms with van der Waals surface area (Å²) in [6.07, 6.45) is 2.79. The molecule has 0 bridgehead atoms. The Bertz CT molecular complexity index is 1340. The van der Waals surface area contributed by atoms with E-state index in [4.69, 9.17) is 16.3 Å². The number of aromatic amines is 1. The van der Waals surface area contributed by atoms with E-state index in [0.29, 0.717) is 48.0 Å². The smallest absolute Gasteiger partial charge is 0.235 e. The van der Waals surface area contributed by atoms with Gasteiger partial charge in [0.05, 0.1) is 17.0 Å². The lowest BCUT2D eigenvalue weighted by molar-refractivity contribution is -0.118. The van der Waals surface area contributed by atoms with Gasteiger partial charge in [0, 0.05) is 34.6 Å². The van der Waals surface area contributed by atoms with Gasteiger partial charge >= 0.3 is 0 Å². The van der Waals surface area contributed by atoms with E-state index in [2.05, 4.69) is 30.9 Å². The molecule has 0 aliphatic heterocycles. The molecule has 2 N–H and O–H groups in total. The molecule has 2 heterocycles. The van der Waals surface area contributed by atoms with E-state index in [1.807, 2.05) is 19.1 Å². The van der Waals surface area contributed by atoms with Gasteiger partial charge in [-0.25, -0.2) is 14.5 Å². The Balaban J connectivity index is 1.47. The minimum Gasteiger partial charge on any atom is -0.478 e. The second-order valence-electron chi connectivity index (χ2n) is 7.97. The fraction of sp³-hybridized carbons (Fsp3) is 0.208. The Kier molecular flexibility index (Phi) is 5.70. The van der Waals surface area contributed by atoms with Crippen LogP contribution >= 0.6 is 11.6 Å². The number of tetrazole rings is 1. The Morgan fingerprint density at radius 1 is 1.21 bits per heavy atom. The fourth-order valence-electron chi connectivity index (χ4n) is 3.98. The minimum atomic E-state index is -0.930. The summed E-state index contributed by atoms with van der Waals surface area (Å²) in [5, 5.41) is 17.1. The third-order valence-corrected chi connectivity index (χ3v) is 6.16. The standard InChI is InChI=1S/C24H20ClFN6O2/c1-2-34-20-9-6-14(13-27-20)16-8-7-15(12-17(16)22-29-31-32-30-22)28-23(33)24(10-11-24)18-4-3-5-19(25)21(18)26/h3-9,12-13H,2,10-11H2,1H3,(H,28,33)(H,29,30,31,32). The van der Waals surface area contributed by atoms with Crippen LogP contribution in [0.3, 0.4) is 0 Å². The molecule has 10 heteroatoms. The number of nitrogens with one attached hydrogen (secondary N) is 2. The summed E-state index contributed by atoms with van der Waals surface area (Å²) in [4.78, 5) is 17.5. The van der Waals surface area contributed by atoms with E-state index in [1.165, 1.54) is 6.07 Å². The van der Waals surface area contributed by atoms with E-state index < -0.39 is 11.2 Å². The van der Waals surface area contributed by atoms with Crippen LogP contribution in [0, 0.1) is 5.82 Å². The van der Waals surface area contributed by atoms with Crippen LogP contribution in [0.25, 0.3) is 22.5 Å². The summed E-state index contributed by atoms with van der Waals surface area (Å²) in [5.74, 6) is 0.123. The van der Waals surface area contributed by atoms with Crippen LogP contribution < -0.4 is 10.1 Å². The molecule has 4 aromatic rings. The van der Waals surface area contributed by atoms with Gasteiger partial charge in [0.25, 0.3) is 0 Å². The molecule has 2 aromatic carbocycles. The maximum Gasteiger partial charge on any atom is 0.235 e. The van der Waals surface area contributed by atoms with E-state index in [0.717, 1.165) is 11.1 Å². The van der Waals surface area contributed by atoms with Crippen molar-refractivity contribution in [2.75, 3.05) is 11.9 Å². The number of amides is 1. The molecule has 0 atom stereocenters. The average molecular weight is 479 g/mol. The number of pyridine rings is 1. The molecule has 0 spiro atoms. The molecule has 2 aromatic heterocycles. The van der Waals surface area contributed by atoms with Crippen molar-refractivity contribution in [2.24, 2.45) is 0 Å². The fourth-order valence-corrected chi connectivity index (χ4v) is 4.16. The van der Waals surface area contributed by atoms with Crippen molar-refractivity contribution in [3.63, 3.8) is 0 Å². The van der Waals surface area contributed by atoms with Gasteiger partial charge in [-0.15, -0.1) is 5.10 Å². The summed E-state index contributed by atoms with van der Waals surface area (Å²) in [7, 11) is 0. The number of anilines is 1. The summed E-state index contributed by atoms with van der Waals surface area (Å²) in [5.41, 5.74) is 2.23. The molecule has 34 heavy (non-hydrogen) atoms.